The molecule has 0 aliphatic carbocycles. The lowest BCUT2D eigenvalue weighted by atomic mass is 10.0. The third-order valence-electron chi connectivity index (χ3n) is 3.72. The minimum atomic E-state index is 0.168. The summed E-state index contributed by atoms with van der Waals surface area (Å²) in [6.07, 6.45) is 2.85. The predicted octanol–water partition coefficient (Wildman–Crippen LogP) is 3.71. The Morgan fingerprint density at radius 3 is 2.52 bits per heavy atom. The summed E-state index contributed by atoms with van der Waals surface area (Å²) in [5.74, 6) is 0. The number of nitrogens with two attached hydrogens (primary N) is 1. The molecule has 0 amide bonds. The van der Waals surface area contributed by atoms with Crippen LogP contribution in [0, 0.1) is 0 Å². The highest BCUT2D eigenvalue weighted by Crippen LogP contribution is 2.22. The van der Waals surface area contributed by atoms with E-state index in [9.17, 15) is 0 Å². The van der Waals surface area contributed by atoms with E-state index >= 15 is 0 Å². The molecule has 0 saturated carbocycles. The maximum Gasteiger partial charge on any atom is 0.0673 e. The largest absolute Gasteiger partial charge is 0.328 e. The minimum Gasteiger partial charge on any atom is -0.328 e. The number of hydrogen-bond donors (Lipinski definition) is 1. The van der Waals surface area contributed by atoms with Gasteiger partial charge in [-0.2, -0.15) is 5.10 Å². The topological polar surface area (TPSA) is 43.8 Å². The maximum absolute atomic E-state index is 6.01. The average Bonchev–Trinajstić information content (AvgIpc) is 2.77. The Hall–Kier alpha value is -1.13. The first-order valence-corrected chi connectivity index (χ1v) is 8.42. The molecule has 0 spiro atoms. The molecule has 4 heteroatoms. The van der Waals surface area contributed by atoms with E-state index in [2.05, 4.69) is 59.6 Å². The first-order chi connectivity index (χ1) is 10.1. The molecule has 3 nitrogen and oxygen atoms in total. The molecule has 1 heterocycles. The zero-order chi connectivity index (χ0) is 15.4. The molecule has 0 bridgehead atoms. The summed E-state index contributed by atoms with van der Waals surface area (Å²) in [4.78, 5) is 0. The summed E-state index contributed by atoms with van der Waals surface area (Å²) >= 11 is 3.62. The molecule has 2 aromatic rings. The van der Waals surface area contributed by atoms with Crippen molar-refractivity contribution in [3.8, 4) is 0 Å². The van der Waals surface area contributed by atoms with Crippen molar-refractivity contribution in [3.05, 3.63) is 51.3 Å². The molecular formula is C17H24BrN3. The summed E-state index contributed by atoms with van der Waals surface area (Å²) in [5, 5.41) is 4.83. The van der Waals surface area contributed by atoms with Gasteiger partial charge in [0.05, 0.1) is 12.2 Å². The quantitative estimate of drug-likeness (QED) is 0.863. The maximum atomic E-state index is 6.01. The molecule has 2 N–H and O–H groups in total. The normalized spacial score (nSPS) is 12.6. The predicted molar refractivity (Wildman–Crippen MR) is 91.6 cm³/mol. The van der Waals surface area contributed by atoms with E-state index in [1.807, 2.05) is 6.07 Å². The number of halogens is 1. The van der Waals surface area contributed by atoms with Crippen molar-refractivity contribution in [2.75, 3.05) is 0 Å². The molecule has 1 atom stereocenters. The van der Waals surface area contributed by atoms with Crippen LogP contribution < -0.4 is 5.73 Å². The number of nitrogens with zero attached hydrogens (tertiary/aromatic N) is 2. The van der Waals surface area contributed by atoms with Gasteiger partial charge in [-0.1, -0.05) is 48.0 Å². The smallest absolute Gasteiger partial charge is 0.0673 e. The Labute approximate surface area is 135 Å². The van der Waals surface area contributed by atoms with Gasteiger partial charge in [-0.15, -0.1) is 0 Å². The Kier molecular flexibility index (Phi) is 5.59. The van der Waals surface area contributed by atoms with Gasteiger partial charge in [0, 0.05) is 16.2 Å². The lowest BCUT2D eigenvalue weighted by Crippen LogP contribution is -2.19. The van der Waals surface area contributed by atoms with Crippen LogP contribution in [-0.2, 0) is 25.8 Å². The van der Waals surface area contributed by atoms with Gasteiger partial charge in [0.15, 0.2) is 0 Å². The Morgan fingerprint density at radius 2 is 1.95 bits per heavy atom. The van der Waals surface area contributed by atoms with Crippen molar-refractivity contribution in [2.45, 2.75) is 52.6 Å². The second kappa shape index (κ2) is 7.23. The van der Waals surface area contributed by atoms with E-state index in [0.717, 1.165) is 30.3 Å². The van der Waals surface area contributed by atoms with Crippen LogP contribution in [0.3, 0.4) is 0 Å². The molecule has 0 fully saturated rings. The third-order valence-corrected chi connectivity index (χ3v) is 4.50. The van der Waals surface area contributed by atoms with Crippen LogP contribution in [0.25, 0.3) is 0 Å². The first-order valence-electron chi connectivity index (χ1n) is 7.63. The molecular weight excluding hydrogens is 326 g/mol. The van der Waals surface area contributed by atoms with Crippen molar-refractivity contribution in [1.29, 1.82) is 0 Å². The lowest BCUT2D eigenvalue weighted by molar-refractivity contribution is 0.636. The monoisotopic (exact) mass is 349 g/mol. The van der Waals surface area contributed by atoms with Gasteiger partial charge in [-0.05, 0) is 43.4 Å². The van der Waals surface area contributed by atoms with Crippen molar-refractivity contribution in [1.82, 2.24) is 9.78 Å². The Morgan fingerprint density at radius 1 is 1.24 bits per heavy atom. The zero-order valence-electron chi connectivity index (χ0n) is 13.1. The molecule has 2 rings (SSSR count). The number of benzene rings is 1. The van der Waals surface area contributed by atoms with Crippen LogP contribution in [-0.4, -0.2) is 15.8 Å². The van der Waals surface area contributed by atoms with E-state index in [4.69, 9.17) is 10.8 Å². The number of hydrogen-bond acceptors (Lipinski definition) is 2. The number of rotatable bonds is 6. The van der Waals surface area contributed by atoms with Crippen LogP contribution in [0.15, 0.2) is 28.7 Å². The fourth-order valence-electron chi connectivity index (χ4n) is 2.75. The van der Waals surface area contributed by atoms with Crippen molar-refractivity contribution in [2.24, 2.45) is 5.73 Å². The second-order valence-corrected chi connectivity index (χ2v) is 6.36. The summed E-state index contributed by atoms with van der Waals surface area (Å²) in [6, 6.07) is 8.49. The van der Waals surface area contributed by atoms with Gasteiger partial charge in [-0.25, -0.2) is 0 Å². The second-order valence-electron chi connectivity index (χ2n) is 5.51. The summed E-state index contributed by atoms with van der Waals surface area (Å²) in [7, 11) is 0. The molecule has 1 aromatic heterocycles. The minimum absolute atomic E-state index is 0.168. The molecule has 1 aromatic carbocycles. The third kappa shape index (κ3) is 3.74. The van der Waals surface area contributed by atoms with Crippen molar-refractivity contribution in [3.63, 3.8) is 0 Å². The highest BCUT2D eigenvalue weighted by atomic mass is 79.9. The molecule has 0 aliphatic heterocycles. The zero-order valence-corrected chi connectivity index (χ0v) is 14.7. The lowest BCUT2D eigenvalue weighted by Gasteiger charge is -2.10. The Balaban J connectivity index is 2.39. The number of aryl methyl sites for hydroxylation is 1. The van der Waals surface area contributed by atoms with Crippen LogP contribution in [0.1, 0.15) is 43.3 Å². The van der Waals surface area contributed by atoms with E-state index in [1.54, 1.807) is 0 Å². The van der Waals surface area contributed by atoms with E-state index < -0.39 is 0 Å². The standard InChI is InChI=1S/C17H24BrN3/c1-4-16-14(10-12(3)19)17(5-2)21(20-16)11-13-8-6-7-9-15(13)18/h6-9,12H,4-5,10-11,19H2,1-3H3. The average molecular weight is 350 g/mol. The summed E-state index contributed by atoms with van der Waals surface area (Å²) < 4.78 is 3.28. The van der Waals surface area contributed by atoms with Crippen LogP contribution in [0.4, 0.5) is 0 Å². The highest BCUT2D eigenvalue weighted by Gasteiger charge is 2.17. The first kappa shape index (κ1) is 16.2. The molecule has 0 saturated heterocycles. The Bertz CT molecular complexity index is 602. The van der Waals surface area contributed by atoms with Gasteiger partial charge in [0.1, 0.15) is 0 Å². The summed E-state index contributed by atoms with van der Waals surface area (Å²) in [5.41, 5.74) is 11.1. The van der Waals surface area contributed by atoms with Gasteiger partial charge in [0.25, 0.3) is 0 Å². The highest BCUT2D eigenvalue weighted by molar-refractivity contribution is 9.10. The molecule has 1 unspecified atom stereocenters. The summed E-state index contributed by atoms with van der Waals surface area (Å²) in [6.45, 7) is 7.22. The fraction of sp³-hybridized carbons (Fsp3) is 0.471. The SMILES string of the molecule is CCc1nn(Cc2ccccc2Br)c(CC)c1CC(C)N. The molecule has 21 heavy (non-hydrogen) atoms. The van der Waals surface area contributed by atoms with Gasteiger partial charge in [-0.3, -0.25) is 4.68 Å². The molecule has 0 aliphatic rings. The van der Waals surface area contributed by atoms with Crippen molar-refractivity contribution >= 4 is 15.9 Å². The van der Waals surface area contributed by atoms with E-state index in [0.29, 0.717) is 0 Å². The van der Waals surface area contributed by atoms with Gasteiger partial charge in [0.2, 0.25) is 0 Å². The molecule has 0 radical (unpaired) electrons. The van der Waals surface area contributed by atoms with Crippen LogP contribution in [0.5, 0.6) is 0 Å². The van der Waals surface area contributed by atoms with Crippen LogP contribution in [0.2, 0.25) is 0 Å². The van der Waals surface area contributed by atoms with Crippen molar-refractivity contribution < 1.29 is 0 Å². The molecule has 114 valence electrons. The van der Waals surface area contributed by atoms with E-state index in [1.165, 1.54) is 22.5 Å². The van der Waals surface area contributed by atoms with Gasteiger partial charge >= 0.3 is 0 Å². The van der Waals surface area contributed by atoms with Crippen LogP contribution >= 0.6 is 15.9 Å². The van der Waals surface area contributed by atoms with Gasteiger partial charge < -0.3 is 5.73 Å². The number of aromatic nitrogens is 2. The van der Waals surface area contributed by atoms with E-state index in [-0.39, 0.29) is 6.04 Å². The fourth-order valence-corrected chi connectivity index (χ4v) is 3.16.